The van der Waals surface area contributed by atoms with Gasteiger partial charge < -0.3 is 14.4 Å². The molecule has 1 N–H and O–H groups in total. The van der Waals surface area contributed by atoms with Gasteiger partial charge in [0.1, 0.15) is 11.6 Å². The Hall–Kier alpha value is -2.30. The molecule has 0 spiro atoms. The molecule has 1 aromatic carbocycles. The molecule has 2 aromatic rings. The van der Waals surface area contributed by atoms with Crippen molar-refractivity contribution in [3.8, 4) is 11.4 Å². The largest absolute Gasteiger partial charge is 0.495 e. The highest BCUT2D eigenvalue weighted by Crippen LogP contribution is 2.23. The summed E-state index contributed by atoms with van der Waals surface area (Å²) in [6, 6.07) is 7.65. The number of carboxylic acids is 1. The van der Waals surface area contributed by atoms with Crippen molar-refractivity contribution < 1.29 is 14.6 Å². The van der Waals surface area contributed by atoms with E-state index in [0.717, 1.165) is 23.0 Å². The summed E-state index contributed by atoms with van der Waals surface area (Å²) in [4.78, 5) is 15.0. The number of aliphatic carboxylic acids is 1. The van der Waals surface area contributed by atoms with E-state index >= 15 is 0 Å². The van der Waals surface area contributed by atoms with Crippen LogP contribution in [0.4, 0.5) is 0 Å². The molecule has 100 valence electrons. The van der Waals surface area contributed by atoms with Gasteiger partial charge in [-0.1, -0.05) is 12.1 Å². The van der Waals surface area contributed by atoms with E-state index in [-0.39, 0.29) is 6.42 Å². The smallest absolute Gasteiger partial charge is 0.303 e. The summed E-state index contributed by atoms with van der Waals surface area (Å²) in [5.41, 5.74) is 1.67. The predicted molar refractivity (Wildman–Crippen MR) is 70.8 cm³/mol. The molecule has 0 saturated heterocycles. The van der Waals surface area contributed by atoms with Crippen molar-refractivity contribution in [2.75, 3.05) is 7.11 Å². The fourth-order valence-corrected chi connectivity index (χ4v) is 1.96. The zero-order valence-corrected chi connectivity index (χ0v) is 11.0. The number of aromatic nitrogens is 2. The minimum absolute atomic E-state index is 0.0857. The van der Waals surface area contributed by atoms with Crippen LogP contribution in [0.3, 0.4) is 0 Å². The molecule has 19 heavy (non-hydrogen) atoms. The molecule has 0 radical (unpaired) electrons. The monoisotopic (exact) mass is 260 g/mol. The van der Waals surface area contributed by atoms with Crippen molar-refractivity contribution >= 4 is 5.97 Å². The fourth-order valence-electron chi connectivity index (χ4n) is 1.96. The van der Waals surface area contributed by atoms with E-state index in [4.69, 9.17) is 9.84 Å². The third kappa shape index (κ3) is 2.93. The van der Waals surface area contributed by atoms with Crippen LogP contribution >= 0.6 is 0 Å². The Morgan fingerprint density at radius 2 is 2.16 bits per heavy atom. The normalized spacial score (nSPS) is 10.4. The quantitative estimate of drug-likeness (QED) is 0.895. The number of carbonyl (C=O) groups is 1. The van der Waals surface area contributed by atoms with Gasteiger partial charge in [-0.3, -0.25) is 4.79 Å². The molecule has 5 nitrogen and oxygen atoms in total. The molecule has 0 unspecified atom stereocenters. The van der Waals surface area contributed by atoms with Gasteiger partial charge in [0, 0.05) is 12.6 Å². The molecule has 5 heteroatoms. The minimum Gasteiger partial charge on any atom is -0.495 e. The summed E-state index contributed by atoms with van der Waals surface area (Å²) in [5, 5.41) is 8.70. The molecular weight excluding hydrogens is 244 g/mol. The first-order valence-electron chi connectivity index (χ1n) is 6.02. The van der Waals surface area contributed by atoms with Gasteiger partial charge in [-0.05, 0) is 19.1 Å². The van der Waals surface area contributed by atoms with Crippen LogP contribution in [0.5, 0.6) is 5.75 Å². The number of para-hydroxylation sites is 2. The van der Waals surface area contributed by atoms with E-state index in [1.54, 1.807) is 7.11 Å². The van der Waals surface area contributed by atoms with Crippen LogP contribution in [0.15, 0.2) is 30.5 Å². The third-order valence-electron chi connectivity index (χ3n) is 2.87. The molecule has 0 aliphatic carbocycles. The van der Waals surface area contributed by atoms with Crippen LogP contribution in [0.1, 0.15) is 17.9 Å². The molecule has 0 fully saturated rings. The molecule has 0 amide bonds. The second kappa shape index (κ2) is 5.56. The first kappa shape index (κ1) is 13.1. The first-order valence-corrected chi connectivity index (χ1v) is 6.02. The predicted octanol–water partition coefficient (Wildman–Crippen LogP) is 2.21. The van der Waals surface area contributed by atoms with Crippen LogP contribution in [0.2, 0.25) is 0 Å². The standard InChI is InChI=1S/C14H16N2O3/c1-10-15-11(7-8-14(17)18)9-16(10)12-5-3-4-6-13(12)19-2/h3-6,9H,7-8H2,1-2H3,(H,17,18). The lowest BCUT2D eigenvalue weighted by Gasteiger charge is -2.09. The second-order valence-corrected chi connectivity index (χ2v) is 4.22. The number of methoxy groups -OCH3 is 1. The van der Waals surface area contributed by atoms with Gasteiger partial charge in [-0.15, -0.1) is 0 Å². The highest BCUT2D eigenvalue weighted by Gasteiger charge is 2.10. The summed E-state index contributed by atoms with van der Waals surface area (Å²) < 4.78 is 7.23. The van der Waals surface area contributed by atoms with Gasteiger partial charge in [0.15, 0.2) is 0 Å². The first-order chi connectivity index (χ1) is 9.11. The highest BCUT2D eigenvalue weighted by atomic mass is 16.5. The molecule has 0 atom stereocenters. The SMILES string of the molecule is COc1ccccc1-n1cc(CCC(=O)O)nc1C. The molecule has 0 aliphatic heterocycles. The Bertz CT molecular complexity index is 590. The Kier molecular flexibility index (Phi) is 3.85. The third-order valence-corrected chi connectivity index (χ3v) is 2.87. The van der Waals surface area contributed by atoms with E-state index in [2.05, 4.69) is 4.98 Å². The lowest BCUT2D eigenvalue weighted by Crippen LogP contribution is -1.98. The average Bonchev–Trinajstić information content (AvgIpc) is 2.77. The van der Waals surface area contributed by atoms with E-state index in [0.29, 0.717) is 6.42 Å². The van der Waals surface area contributed by atoms with Crippen LogP contribution in [-0.2, 0) is 11.2 Å². The van der Waals surface area contributed by atoms with Crippen molar-refractivity contribution in [1.82, 2.24) is 9.55 Å². The van der Waals surface area contributed by atoms with Gasteiger partial charge in [-0.2, -0.15) is 0 Å². The number of nitrogens with zero attached hydrogens (tertiary/aromatic N) is 2. The van der Waals surface area contributed by atoms with Gasteiger partial charge in [0.2, 0.25) is 0 Å². The van der Waals surface area contributed by atoms with Crippen LogP contribution in [-0.4, -0.2) is 27.7 Å². The Morgan fingerprint density at radius 3 is 2.84 bits per heavy atom. The van der Waals surface area contributed by atoms with Crippen molar-refractivity contribution in [2.24, 2.45) is 0 Å². The summed E-state index contributed by atoms with van der Waals surface area (Å²) >= 11 is 0. The molecule has 1 aromatic heterocycles. The number of rotatable bonds is 5. The zero-order valence-electron chi connectivity index (χ0n) is 11.0. The number of benzene rings is 1. The molecule has 1 heterocycles. The molecule has 0 aliphatic rings. The zero-order chi connectivity index (χ0) is 13.8. The summed E-state index contributed by atoms with van der Waals surface area (Å²) in [6.45, 7) is 1.89. The Morgan fingerprint density at radius 1 is 1.42 bits per heavy atom. The topological polar surface area (TPSA) is 64.3 Å². The van der Waals surface area contributed by atoms with Gasteiger partial charge in [-0.25, -0.2) is 4.98 Å². The van der Waals surface area contributed by atoms with Crippen molar-refractivity contribution in [3.05, 3.63) is 42.0 Å². The number of aryl methyl sites for hydroxylation is 2. The van der Waals surface area contributed by atoms with Gasteiger partial charge >= 0.3 is 5.97 Å². The summed E-state index contributed by atoms with van der Waals surface area (Å²) in [7, 11) is 1.62. The van der Waals surface area contributed by atoms with Crippen LogP contribution in [0.25, 0.3) is 5.69 Å². The average molecular weight is 260 g/mol. The van der Waals surface area contributed by atoms with Crippen LogP contribution in [0, 0.1) is 6.92 Å². The lowest BCUT2D eigenvalue weighted by atomic mass is 10.2. The van der Waals surface area contributed by atoms with Crippen LogP contribution < -0.4 is 4.74 Å². The number of imidazole rings is 1. The second-order valence-electron chi connectivity index (χ2n) is 4.22. The van der Waals surface area contributed by atoms with Gasteiger partial charge in [0.05, 0.1) is 24.9 Å². The summed E-state index contributed by atoms with van der Waals surface area (Å²) in [5.74, 6) is 0.752. The Labute approximate surface area is 111 Å². The van der Waals surface area contributed by atoms with Gasteiger partial charge in [0.25, 0.3) is 0 Å². The summed E-state index contributed by atoms with van der Waals surface area (Å²) in [6.07, 6.45) is 2.37. The number of ether oxygens (including phenoxy) is 1. The number of hydrogen-bond donors (Lipinski definition) is 1. The van der Waals surface area contributed by atoms with Crippen molar-refractivity contribution in [1.29, 1.82) is 0 Å². The number of carboxylic acid groups (broad SMARTS) is 1. The van der Waals surface area contributed by atoms with E-state index < -0.39 is 5.97 Å². The molecule has 0 bridgehead atoms. The lowest BCUT2D eigenvalue weighted by molar-refractivity contribution is -0.136. The molecular formula is C14H16N2O3. The van der Waals surface area contributed by atoms with E-state index in [9.17, 15) is 4.79 Å². The highest BCUT2D eigenvalue weighted by molar-refractivity contribution is 5.67. The number of hydrogen-bond acceptors (Lipinski definition) is 3. The maximum atomic E-state index is 10.6. The maximum absolute atomic E-state index is 10.6. The Balaban J connectivity index is 2.32. The van der Waals surface area contributed by atoms with E-state index in [1.807, 2.05) is 42.0 Å². The van der Waals surface area contributed by atoms with Crippen molar-refractivity contribution in [3.63, 3.8) is 0 Å². The fraction of sp³-hybridized carbons (Fsp3) is 0.286. The van der Waals surface area contributed by atoms with Crippen molar-refractivity contribution in [2.45, 2.75) is 19.8 Å². The minimum atomic E-state index is -0.815. The maximum Gasteiger partial charge on any atom is 0.303 e. The van der Waals surface area contributed by atoms with E-state index in [1.165, 1.54) is 0 Å². The molecule has 2 rings (SSSR count). The molecule has 0 saturated carbocycles.